The van der Waals surface area contributed by atoms with Crippen molar-refractivity contribution >= 4 is 29.7 Å². The topological polar surface area (TPSA) is 41.1 Å². The zero-order valence-electron chi connectivity index (χ0n) is 10.5. The summed E-state index contributed by atoms with van der Waals surface area (Å²) >= 11 is 1.72. The highest BCUT2D eigenvalue weighted by molar-refractivity contribution is 7.09. The van der Waals surface area contributed by atoms with Gasteiger partial charge in [0.25, 0.3) is 0 Å². The number of carbonyl (C=O) groups excluding carboxylic acids is 1. The molecule has 1 atom stereocenters. The smallest absolute Gasteiger partial charge is 0.220 e. The van der Waals surface area contributed by atoms with Crippen LogP contribution in [0, 0.1) is 5.92 Å². The van der Waals surface area contributed by atoms with E-state index in [9.17, 15) is 4.79 Å². The van der Waals surface area contributed by atoms with Crippen LogP contribution in [-0.2, 0) is 11.2 Å². The molecule has 1 fully saturated rings. The molecule has 102 valence electrons. The van der Waals surface area contributed by atoms with Crippen LogP contribution in [0.5, 0.6) is 0 Å². The van der Waals surface area contributed by atoms with Gasteiger partial charge in [-0.15, -0.1) is 23.7 Å². The number of hydrogen-bond donors (Lipinski definition) is 2. The third kappa shape index (κ3) is 5.38. The first-order valence-corrected chi connectivity index (χ1v) is 7.22. The fourth-order valence-corrected chi connectivity index (χ4v) is 2.85. The highest BCUT2D eigenvalue weighted by Crippen LogP contribution is 2.11. The van der Waals surface area contributed by atoms with E-state index in [-0.39, 0.29) is 18.3 Å². The summed E-state index contributed by atoms with van der Waals surface area (Å²) in [6.45, 7) is 3.00. The first-order valence-electron chi connectivity index (χ1n) is 6.34. The van der Waals surface area contributed by atoms with Gasteiger partial charge in [0.05, 0.1) is 0 Å². The highest BCUT2D eigenvalue weighted by atomic mass is 35.5. The van der Waals surface area contributed by atoms with Gasteiger partial charge in [0.15, 0.2) is 0 Å². The maximum absolute atomic E-state index is 11.7. The fraction of sp³-hybridized carbons (Fsp3) is 0.615. The minimum absolute atomic E-state index is 0. The monoisotopic (exact) mass is 288 g/mol. The number of nitrogens with one attached hydrogen (secondary N) is 2. The van der Waals surface area contributed by atoms with Crippen LogP contribution in [0.3, 0.4) is 0 Å². The Kier molecular flexibility index (Phi) is 7.32. The van der Waals surface area contributed by atoms with Gasteiger partial charge in [-0.05, 0) is 49.7 Å². The molecule has 2 rings (SSSR count). The Hall–Kier alpha value is -0.580. The van der Waals surface area contributed by atoms with Crippen LogP contribution in [-0.4, -0.2) is 25.5 Å². The predicted molar refractivity (Wildman–Crippen MR) is 78.5 cm³/mol. The fourth-order valence-electron chi connectivity index (χ4n) is 2.14. The quantitative estimate of drug-likeness (QED) is 0.872. The first-order chi connectivity index (χ1) is 8.34. The average molecular weight is 289 g/mol. The number of halogens is 1. The molecule has 1 saturated heterocycles. The molecule has 5 heteroatoms. The van der Waals surface area contributed by atoms with Crippen LogP contribution in [0.15, 0.2) is 17.5 Å². The van der Waals surface area contributed by atoms with Crippen molar-refractivity contribution in [3.8, 4) is 0 Å². The SMILES string of the molecule is Cl.O=C(CCc1cccs1)NCC1CCCNC1. The van der Waals surface area contributed by atoms with E-state index < -0.39 is 0 Å². The summed E-state index contributed by atoms with van der Waals surface area (Å²) in [7, 11) is 0. The Morgan fingerprint density at radius 2 is 2.44 bits per heavy atom. The van der Waals surface area contributed by atoms with Crippen LogP contribution < -0.4 is 10.6 Å². The molecule has 1 aliphatic heterocycles. The Morgan fingerprint density at radius 3 is 3.11 bits per heavy atom. The minimum Gasteiger partial charge on any atom is -0.356 e. The second-order valence-corrected chi connectivity index (χ2v) is 5.63. The van der Waals surface area contributed by atoms with Crippen molar-refractivity contribution in [2.75, 3.05) is 19.6 Å². The van der Waals surface area contributed by atoms with Gasteiger partial charge in [0.1, 0.15) is 0 Å². The summed E-state index contributed by atoms with van der Waals surface area (Å²) in [5.74, 6) is 0.804. The second kappa shape index (κ2) is 8.51. The predicted octanol–water partition coefficient (Wildman–Crippen LogP) is 2.22. The van der Waals surface area contributed by atoms with Crippen molar-refractivity contribution < 1.29 is 4.79 Å². The van der Waals surface area contributed by atoms with Crippen LogP contribution in [0.2, 0.25) is 0 Å². The molecule has 1 aromatic rings. The number of aryl methyl sites for hydroxylation is 1. The summed E-state index contributed by atoms with van der Waals surface area (Å²) in [4.78, 5) is 12.9. The Morgan fingerprint density at radius 1 is 1.56 bits per heavy atom. The minimum atomic E-state index is 0. The number of hydrogen-bond acceptors (Lipinski definition) is 3. The third-order valence-electron chi connectivity index (χ3n) is 3.17. The lowest BCUT2D eigenvalue weighted by atomic mass is 10.00. The van der Waals surface area contributed by atoms with Crippen LogP contribution in [0.4, 0.5) is 0 Å². The Bertz CT molecular complexity index is 337. The third-order valence-corrected chi connectivity index (χ3v) is 4.10. The summed E-state index contributed by atoms with van der Waals surface area (Å²) in [6, 6.07) is 4.12. The average Bonchev–Trinajstić information content (AvgIpc) is 2.88. The van der Waals surface area contributed by atoms with Gasteiger partial charge in [0, 0.05) is 17.8 Å². The summed E-state index contributed by atoms with van der Waals surface area (Å²) in [6.07, 6.45) is 3.95. The summed E-state index contributed by atoms with van der Waals surface area (Å²) < 4.78 is 0. The molecule has 0 spiro atoms. The first kappa shape index (κ1) is 15.5. The summed E-state index contributed by atoms with van der Waals surface area (Å²) in [5.41, 5.74) is 0. The van der Waals surface area contributed by atoms with Crippen LogP contribution in [0.1, 0.15) is 24.1 Å². The molecule has 2 N–H and O–H groups in total. The number of amides is 1. The molecule has 2 heterocycles. The second-order valence-electron chi connectivity index (χ2n) is 4.60. The summed E-state index contributed by atoms with van der Waals surface area (Å²) in [5, 5.41) is 8.46. The number of rotatable bonds is 5. The van der Waals surface area contributed by atoms with E-state index in [1.807, 2.05) is 6.07 Å². The van der Waals surface area contributed by atoms with E-state index in [4.69, 9.17) is 0 Å². The van der Waals surface area contributed by atoms with Crippen molar-refractivity contribution in [3.05, 3.63) is 22.4 Å². The molecule has 1 amide bonds. The zero-order chi connectivity index (χ0) is 11.9. The van der Waals surface area contributed by atoms with Crippen molar-refractivity contribution in [2.24, 2.45) is 5.92 Å². The lowest BCUT2D eigenvalue weighted by Gasteiger charge is -2.22. The van der Waals surface area contributed by atoms with Crippen molar-refractivity contribution in [1.29, 1.82) is 0 Å². The van der Waals surface area contributed by atoms with Crippen LogP contribution >= 0.6 is 23.7 Å². The Labute approximate surface area is 119 Å². The molecule has 1 unspecified atom stereocenters. The van der Waals surface area contributed by atoms with Gasteiger partial charge in [-0.3, -0.25) is 4.79 Å². The molecule has 3 nitrogen and oxygen atoms in total. The zero-order valence-corrected chi connectivity index (χ0v) is 12.1. The number of carbonyl (C=O) groups is 1. The van der Waals surface area contributed by atoms with Gasteiger partial charge >= 0.3 is 0 Å². The van der Waals surface area contributed by atoms with E-state index >= 15 is 0 Å². The largest absolute Gasteiger partial charge is 0.356 e. The normalized spacial score (nSPS) is 19.0. The molecule has 0 aromatic carbocycles. The molecule has 0 saturated carbocycles. The van der Waals surface area contributed by atoms with Gasteiger partial charge in [0.2, 0.25) is 5.91 Å². The highest BCUT2D eigenvalue weighted by Gasteiger charge is 2.13. The maximum Gasteiger partial charge on any atom is 0.220 e. The number of thiophene rings is 1. The molecular weight excluding hydrogens is 268 g/mol. The van der Waals surface area contributed by atoms with E-state index in [1.165, 1.54) is 17.7 Å². The van der Waals surface area contributed by atoms with E-state index in [0.717, 1.165) is 26.1 Å². The van der Waals surface area contributed by atoms with Gasteiger partial charge in [-0.2, -0.15) is 0 Å². The van der Waals surface area contributed by atoms with Gasteiger partial charge in [-0.1, -0.05) is 6.07 Å². The molecule has 1 aliphatic rings. The van der Waals surface area contributed by atoms with E-state index in [0.29, 0.717) is 12.3 Å². The standard InChI is InChI=1S/C13H20N2OS.ClH/c16-13(6-5-12-4-2-8-17-12)15-10-11-3-1-7-14-9-11;/h2,4,8,11,14H,1,3,5-7,9-10H2,(H,15,16);1H. The number of piperidine rings is 1. The Balaban J connectivity index is 0.00000162. The lowest BCUT2D eigenvalue weighted by Crippen LogP contribution is -2.38. The van der Waals surface area contributed by atoms with Crippen molar-refractivity contribution in [1.82, 2.24) is 10.6 Å². The van der Waals surface area contributed by atoms with E-state index in [2.05, 4.69) is 22.1 Å². The lowest BCUT2D eigenvalue weighted by molar-refractivity contribution is -0.121. The van der Waals surface area contributed by atoms with Gasteiger partial charge < -0.3 is 10.6 Å². The molecule has 1 aromatic heterocycles. The molecule has 0 radical (unpaired) electrons. The molecule has 0 aliphatic carbocycles. The van der Waals surface area contributed by atoms with Crippen molar-refractivity contribution in [3.63, 3.8) is 0 Å². The van der Waals surface area contributed by atoms with E-state index in [1.54, 1.807) is 11.3 Å². The molecular formula is C13H21ClN2OS. The van der Waals surface area contributed by atoms with Crippen LogP contribution in [0.25, 0.3) is 0 Å². The maximum atomic E-state index is 11.7. The van der Waals surface area contributed by atoms with Gasteiger partial charge in [-0.25, -0.2) is 0 Å². The van der Waals surface area contributed by atoms with Crippen molar-refractivity contribution in [2.45, 2.75) is 25.7 Å². The molecule has 18 heavy (non-hydrogen) atoms. The molecule has 0 bridgehead atoms.